The van der Waals surface area contributed by atoms with Crippen molar-refractivity contribution in [1.29, 1.82) is 0 Å². The molecule has 1 unspecified atom stereocenters. The summed E-state index contributed by atoms with van der Waals surface area (Å²) in [7, 11) is 0. The van der Waals surface area contributed by atoms with Crippen LogP contribution in [0.3, 0.4) is 0 Å². The molecular formula is C19H15F3N4O. The summed E-state index contributed by atoms with van der Waals surface area (Å²) in [5.74, 6) is -1.35. The molecule has 3 heterocycles. The second-order valence-corrected chi connectivity index (χ2v) is 7.12. The van der Waals surface area contributed by atoms with Crippen LogP contribution in [0.15, 0.2) is 41.3 Å². The topological polar surface area (TPSA) is 64.2 Å². The predicted molar refractivity (Wildman–Crippen MR) is 94.4 cm³/mol. The quantitative estimate of drug-likeness (QED) is 0.749. The first kappa shape index (κ1) is 16.3. The number of fused-ring (bicyclic) bond motifs is 2. The Bertz CT molecular complexity index is 1130. The lowest BCUT2D eigenvalue weighted by molar-refractivity contribution is 0.578. The monoisotopic (exact) mass is 372 g/mol. The second-order valence-electron chi connectivity index (χ2n) is 7.12. The molecule has 138 valence electrons. The zero-order valence-electron chi connectivity index (χ0n) is 14.1. The van der Waals surface area contributed by atoms with E-state index in [-0.39, 0.29) is 28.6 Å². The number of nitrogens with zero attached hydrogens (tertiary/aromatic N) is 3. The third-order valence-corrected chi connectivity index (χ3v) is 5.54. The maximum atomic E-state index is 14.6. The maximum absolute atomic E-state index is 14.6. The van der Waals surface area contributed by atoms with Crippen molar-refractivity contribution < 1.29 is 13.2 Å². The molecule has 1 saturated carbocycles. The number of hydrogen-bond donors (Lipinski definition) is 1. The van der Waals surface area contributed by atoms with Gasteiger partial charge in [0, 0.05) is 37.5 Å². The molecule has 2 fully saturated rings. The van der Waals surface area contributed by atoms with Crippen LogP contribution in [0.25, 0.3) is 16.7 Å². The van der Waals surface area contributed by atoms with Crippen molar-refractivity contribution in [2.24, 2.45) is 17.6 Å². The zero-order chi connectivity index (χ0) is 18.9. The van der Waals surface area contributed by atoms with Gasteiger partial charge in [-0.25, -0.2) is 18.2 Å². The van der Waals surface area contributed by atoms with Crippen LogP contribution in [0.2, 0.25) is 0 Å². The van der Waals surface area contributed by atoms with E-state index in [9.17, 15) is 18.0 Å². The molecule has 2 aromatic heterocycles. The first-order valence-electron chi connectivity index (χ1n) is 8.62. The van der Waals surface area contributed by atoms with E-state index in [2.05, 4.69) is 4.98 Å². The largest absolute Gasteiger partial charge is 0.353 e. The summed E-state index contributed by atoms with van der Waals surface area (Å²) in [5.41, 5.74) is 5.65. The Labute approximate surface area is 151 Å². The third kappa shape index (κ3) is 2.43. The summed E-state index contributed by atoms with van der Waals surface area (Å²) in [6.07, 6.45) is 1.35. The van der Waals surface area contributed by atoms with E-state index in [4.69, 9.17) is 5.73 Å². The summed E-state index contributed by atoms with van der Waals surface area (Å²) in [6.45, 7) is 1.20. The van der Waals surface area contributed by atoms with Gasteiger partial charge in [0.15, 0.2) is 22.7 Å². The molecule has 0 radical (unpaired) electrons. The van der Waals surface area contributed by atoms with Gasteiger partial charge in [-0.3, -0.25) is 9.36 Å². The molecule has 1 aliphatic heterocycles. The molecule has 3 aromatic rings. The van der Waals surface area contributed by atoms with Crippen LogP contribution in [0.1, 0.15) is 0 Å². The minimum absolute atomic E-state index is 0.0257. The molecule has 5 nitrogen and oxygen atoms in total. The Morgan fingerprint density at radius 2 is 1.78 bits per heavy atom. The fourth-order valence-corrected chi connectivity index (χ4v) is 3.98. The molecule has 3 atom stereocenters. The third-order valence-electron chi connectivity index (χ3n) is 5.54. The minimum Gasteiger partial charge on any atom is -0.353 e. The van der Waals surface area contributed by atoms with Crippen LogP contribution in [-0.4, -0.2) is 28.7 Å². The smallest absolute Gasteiger partial charge is 0.191 e. The van der Waals surface area contributed by atoms with Crippen molar-refractivity contribution in [3.63, 3.8) is 0 Å². The van der Waals surface area contributed by atoms with Crippen LogP contribution in [-0.2, 0) is 0 Å². The molecule has 1 aromatic carbocycles. The SMILES string of the molecule is NC1[C@H]2CN(c3nc4c(cc3F)c(=O)ccn4-c3ccc(F)cc3F)C[C@@H]12. The van der Waals surface area contributed by atoms with E-state index in [0.29, 0.717) is 24.9 Å². The van der Waals surface area contributed by atoms with Crippen LogP contribution >= 0.6 is 0 Å². The average Bonchev–Trinajstić information content (AvgIpc) is 3.04. The summed E-state index contributed by atoms with van der Waals surface area (Å²) in [6, 6.07) is 5.60. The minimum atomic E-state index is -0.805. The van der Waals surface area contributed by atoms with Crippen molar-refractivity contribution in [3.8, 4) is 5.69 Å². The van der Waals surface area contributed by atoms with Crippen LogP contribution < -0.4 is 16.1 Å². The Morgan fingerprint density at radius 1 is 1.04 bits per heavy atom. The van der Waals surface area contributed by atoms with Gasteiger partial charge in [0.05, 0.1) is 11.1 Å². The molecule has 0 bridgehead atoms. The molecule has 2 N–H and O–H groups in total. The molecule has 1 saturated heterocycles. The lowest BCUT2D eigenvalue weighted by Crippen LogP contribution is -2.29. The highest BCUT2D eigenvalue weighted by Crippen LogP contribution is 2.45. The molecular weight excluding hydrogens is 357 g/mol. The van der Waals surface area contributed by atoms with Gasteiger partial charge in [-0.15, -0.1) is 0 Å². The number of pyridine rings is 2. The second kappa shape index (κ2) is 5.56. The van der Waals surface area contributed by atoms with Gasteiger partial charge in [0.25, 0.3) is 0 Å². The predicted octanol–water partition coefficient (Wildman–Crippen LogP) is 2.20. The van der Waals surface area contributed by atoms with E-state index in [1.54, 1.807) is 4.90 Å². The van der Waals surface area contributed by atoms with E-state index in [0.717, 1.165) is 18.2 Å². The van der Waals surface area contributed by atoms with Crippen LogP contribution in [0.5, 0.6) is 0 Å². The van der Waals surface area contributed by atoms with Gasteiger partial charge in [-0.1, -0.05) is 0 Å². The number of aromatic nitrogens is 2. The number of piperidine rings is 1. The fraction of sp³-hybridized carbons (Fsp3) is 0.263. The number of halogens is 3. The molecule has 27 heavy (non-hydrogen) atoms. The zero-order valence-corrected chi connectivity index (χ0v) is 14.1. The summed E-state index contributed by atoms with van der Waals surface area (Å²) in [4.78, 5) is 18.3. The Balaban J connectivity index is 1.69. The van der Waals surface area contributed by atoms with Gasteiger partial charge >= 0.3 is 0 Å². The highest BCUT2D eigenvalue weighted by atomic mass is 19.1. The highest BCUT2D eigenvalue weighted by molar-refractivity contribution is 5.79. The van der Waals surface area contributed by atoms with E-state index in [1.165, 1.54) is 22.9 Å². The number of benzene rings is 1. The first-order valence-corrected chi connectivity index (χ1v) is 8.62. The van der Waals surface area contributed by atoms with Gasteiger partial charge in [0.2, 0.25) is 0 Å². The standard InChI is InChI=1S/C19H15F3N4O/c20-9-1-2-15(13(21)5-9)26-4-3-16(27)10-6-14(22)19(24-18(10)26)25-7-11-12(8-25)17(11)23/h1-6,11-12,17H,7-8,23H2/t11-,12+,17?. The highest BCUT2D eigenvalue weighted by Gasteiger charge is 2.54. The number of hydrogen-bond acceptors (Lipinski definition) is 4. The van der Waals surface area contributed by atoms with E-state index in [1.807, 2.05) is 0 Å². The molecule has 0 spiro atoms. The van der Waals surface area contributed by atoms with Crippen LogP contribution in [0, 0.1) is 29.3 Å². The number of rotatable bonds is 2. The van der Waals surface area contributed by atoms with Crippen LogP contribution in [0.4, 0.5) is 19.0 Å². The molecule has 1 aliphatic carbocycles. The van der Waals surface area contributed by atoms with Gasteiger partial charge in [-0.2, -0.15) is 0 Å². The normalized spacial score (nSPS) is 23.7. The molecule has 5 rings (SSSR count). The van der Waals surface area contributed by atoms with Crippen molar-refractivity contribution in [2.45, 2.75) is 6.04 Å². The van der Waals surface area contributed by atoms with Crippen molar-refractivity contribution in [2.75, 3.05) is 18.0 Å². The Kier molecular flexibility index (Phi) is 3.36. The molecule has 8 heteroatoms. The molecule has 0 amide bonds. The van der Waals surface area contributed by atoms with E-state index < -0.39 is 22.9 Å². The van der Waals surface area contributed by atoms with Gasteiger partial charge in [-0.05, 0) is 30.0 Å². The van der Waals surface area contributed by atoms with Crippen molar-refractivity contribution >= 4 is 16.9 Å². The summed E-state index contributed by atoms with van der Waals surface area (Å²) >= 11 is 0. The number of nitrogens with two attached hydrogens (primary N) is 1. The Morgan fingerprint density at radius 3 is 2.48 bits per heavy atom. The molecule has 2 aliphatic rings. The average molecular weight is 372 g/mol. The van der Waals surface area contributed by atoms with Gasteiger partial charge in [0.1, 0.15) is 11.6 Å². The summed E-state index contributed by atoms with van der Waals surface area (Å²) in [5, 5.41) is 0.0310. The Hall–Kier alpha value is -2.87. The van der Waals surface area contributed by atoms with Crippen molar-refractivity contribution in [1.82, 2.24) is 9.55 Å². The summed E-state index contributed by atoms with van der Waals surface area (Å²) < 4.78 is 43.5. The fourth-order valence-electron chi connectivity index (χ4n) is 3.98. The maximum Gasteiger partial charge on any atom is 0.191 e. The lowest BCUT2D eigenvalue weighted by Gasteiger charge is -2.21. The van der Waals surface area contributed by atoms with Crippen molar-refractivity contribution in [3.05, 3.63) is 64.2 Å². The van der Waals surface area contributed by atoms with E-state index >= 15 is 0 Å². The first-order chi connectivity index (χ1) is 12.9. The van der Waals surface area contributed by atoms with Gasteiger partial charge < -0.3 is 10.6 Å². The number of anilines is 1. The lowest BCUT2D eigenvalue weighted by atomic mass is 10.2.